The van der Waals surface area contributed by atoms with Crippen molar-refractivity contribution in [1.29, 1.82) is 0 Å². The predicted octanol–water partition coefficient (Wildman–Crippen LogP) is 5.87. The summed E-state index contributed by atoms with van der Waals surface area (Å²) in [7, 11) is 0. The molecule has 8 heteroatoms. The number of para-hydroxylation sites is 1. The van der Waals surface area contributed by atoms with Crippen molar-refractivity contribution >= 4 is 44.4 Å². The Hall–Kier alpha value is -2.71. The fraction of sp³-hybridized carbons (Fsp3) is 0.261. The monoisotopic (exact) mass is 454 g/mol. The van der Waals surface area contributed by atoms with Crippen molar-refractivity contribution in [2.24, 2.45) is 0 Å². The highest BCUT2D eigenvalue weighted by molar-refractivity contribution is 7.99. The lowest BCUT2D eigenvalue weighted by atomic mass is 10.2. The van der Waals surface area contributed by atoms with Crippen molar-refractivity contribution < 1.29 is 9.18 Å². The molecule has 0 N–H and O–H groups in total. The van der Waals surface area contributed by atoms with Gasteiger partial charge in [-0.05, 0) is 42.8 Å². The maximum atomic E-state index is 14.2. The number of hydrogen-bond acceptors (Lipinski definition) is 5. The molecule has 0 atom stereocenters. The van der Waals surface area contributed by atoms with E-state index >= 15 is 0 Å². The van der Waals surface area contributed by atoms with E-state index in [9.17, 15) is 9.18 Å². The van der Waals surface area contributed by atoms with Crippen molar-refractivity contribution in [2.75, 3.05) is 11.4 Å². The summed E-state index contributed by atoms with van der Waals surface area (Å²) in [6.07, 6.45) is 6.10. The Bertz CT molecular complexity index is 1160. The zero-order valence-electron chi connectivity index (χ0n) is 17.4. The summed E-state index contributed by atoms with van der Waals surface area (Å²) in [4.78, 5) is 24.7. The van der Waals surface area contributed by atoms with Crippen LogP contribution in [0.1, 0.15) is 30.6 Å². The molecular weight excluding hydrogens is 431 g/mol. The first-order valence-electron chi connectivity index (χ1n) is 10.1. The molecule has 0 saturated heterocycles. The van der Waals surface area contributed by atoms with Crippen LogP contribution in [0.3, 0.4) is 0 Å². The molecule has 0 aliphatic rings. The van der Waals surface area contributed by atoms with E-state index in [4.69, 9.17) is 0 Å². The lowest BCUT2D eigenvalue weighted by Crippen LogP contribution is -2.32. The van der Waals surface area contributed by atoms with Gasteiger partial charge in [-0.2, -0.15) is 0 Å². The Labute approximate surface area is 188 Å². The molecule has 1 amide bonds. The van der Waals surface area contributed by atoms with E-state index < -0.39 is 0 Å². The number of halogens is 1. The molecule has 2 heterocycles. The van der Waals surface area contributed by atoms with Crippen molar-refractivity contribution in [3.05, 3.63) is 72.6 Å². The van der Waals surface area contributed by atoms with Gasteiger partial charge < -0.3 is 4.57 Å². The minimum atomic E-state index is -0.374. The molecular formula is C23H23FN4OS2. The van der Waals surface area contributed by atoms with Crippen LogP contribution in [-0.2, 0) is 6.54 Å². The number of thioether (sulfide) groups is 1. The van der Waals surface area contributed by atoms with Crippen LogP contribution in [0, 0.1) is 5.82 Å². The highest BCUT2D eigenvalue weighted by Gasteiger charge is 2.22. The lowest BCUT2D eigenvalue weighted by molar-refractivity contribution is 0.0986. The highest BCUT2D eigenvalue weighted by Crippen LogP contribution is 2.31. The van der Waals surface area contributed by atoms with Gasteiger partial charge in [0.15, 0.2) is 5.13 Å². The van der Waals surface area contributed by atoms with Gasteiger partial charge in [-0.15, -0.1) is 11.8 Å². The molecule has 0 aliphatic carbocycles. The highest BCUT2D eigenvalue weighted by atomic mass is 32.2. The third-order valence-electron chi connectivity index (χ3n) is 4.66. The first kappa shape index (κ1) is 21.5. The number of anilines is 1. The molecule has 4 rings (SSSR count). The van der Waals surface area contributed by atoms with E-state index in [-0.39, 0.29) is 11.7 Å². The average Bonchev–Trinajstić information content (AvgIpc) is 3.41. The number of carbonyl (C=O) groups excluding carboxylic acids is 1. The van der Waals surface area contributed by atoms with Gasteiger partial charge >= 0.3 is 0 Å². The van der Waals surface area contributed by atoms with Crippen LogP contribution in [-0.4, -0.2) is 32.2 Å². The van der Waals surface area contributed by atoms with Gasteiger partial charge in [0.2, 0.25) is 0 Å². The van der Waals surface area contributed by atoms with Crippen LogP contribution in [0.15, 0.2) is 66.1 Å². The van der Waals surface area contributed by atoms with E-state index in [0.717, 1.165) is 22.6 Å². The number of amides is 1. The number of aryl methyl sites for hydroxylation is 1. The third kappa shape index (κ3) is 5.14. The Morgan fingerprint density at radius 2 is 2.03 bits per heavy atom. The van der Waals surface area contributed by atoms with Crippen LogP contribution in [0.2, 0.25) is 0 Å². The van der Waals surface area contributed by atoms with E-state index in [1.54, 1.807) is 35.3 Å². The number of imidazole rings is 1. The average molecular weight is 455 g/mol. The van der Waals surface area contributed by atoms with Gasteiger partial charge in [-0.25, -0.2) is 14.4 Å². The molecule has 0 bridgehead atoms. The third-order valence-corrected chi connectivity index (χ3v) is 6.72. The molecule has 2 aromatic heterocycles. The molecule has 2 aromatic carbocycles. The normalized spacial score (nSPS) is 11.4. The van der Waals surface area contributed by atoms with Crippen LogP contribution < -0.4 is 4.90 Å². The molecule has 0 fully saturated rings. The molecule has 0 spiro atoms. The molecule has 0 unspecified atom stereocenters. The van der Waals surface area contributed by atoms with E-state index in [1.165, 1.54) is 17.4 Å². The summed E-state index contributed by atoms with van der Waals surface area (Å²) in [5.41, 5.74) is 0.897. The molecule has 0 aliphatic heterocycles. The first-order chi connectivity index (χ1) is 15.0. The van der Waals surface area contributed by atoms with Crippen molar-refractivity contribution in [3.63, 3.8) is 0 Å². The quantitative estimate of drug-likeness (QED) is 0.313. The Kier molecular flexibility index (Phi) is 6.67. The molecule has 4 aromatic rings. The summed E-state index contributed by atoms with van der Waals surface area (Å²) in [6, 6.07) is 12.5. The van der Waals surface area contributed by atoms with Crippen LogP contribution in [0.5, 0.6) is 0 Å². The predicted molar refractivity (Wildman–Crippen MR) is 126 cm³/mol. The van der Waals surface area contributed by atoms with Crippen LogP contribution in [0.4, 0.5) is 9.52 Å². The summed E-state index contributed by atoms with van der Waals surface area (Å²) in [5.74, 6) is -0.507. The number of nitrogens with zero attached hydrogens (tertiary/aromatic N) is 4. The van der Waals surface area contributed by atoms with Gasteiger partial charge in [0.1, 0.15) is 11.3 Å². The van der Waals surface area contributed by atoms with Gasteiger partial charge in [0, 0.05) is 41.2 Å². The minimum Gasteiger partial charge on any atom is -0.337 e. The standard InChI is InChI=1S/C23H23FN4OS2/c1-16(2)30-18-9-7-17(8-10-18)22(29)28(13-4-12-27-14-11-25-15-27)23-26-21-19(24)5-3-6-20(21)31-23/h3,5-11,14-16H,4,12-13H2,1-2H3. The minimum absolute atomic E-state index is 0.133. The number of thiazole rings is 1. The molecule has 0 radical (unpaired) electrons. The smallest absolute Gasteiger partial charge is 0.260 e. The summed E-state index contributed by atoms with van der Waals surface area (Å²) < 4.78 is 16.9. The number of hydrogen-bond donors (Lipinski definition) is 0. The maximum Gasteiger partial charge on any atom is 0.260 e. The zero-order chi connectivity index (χ0) is 21.8. The fourth-order valence-corrected chi connectivity index (χ4v) is 5.08. The van der Waals surface area contributed by atoms with E-state index in [0.29, 0.717) is 28.0 Å². The van der Waals surface area contributed by atoms with Crippen LogP contribution >= 0.6 is 23.1 Å². The second-order valence-corrected chi connectivity index (χ2v) is 10.0. The summed E-state index contributed by atoms with van der Waals surface area (Å²) >= 11 is 3.09. The first-order valence-corrected chi connectivity index (χ1v) is 11.8. The van der Waals surface area contributed by atoms with Gasteiger partial charge in [-0.1, -0.05) is 31.3 Å². The zero-order valence-corrected chi connectivity index (χ0v) is 19.0. The number of aromatic nitrogens is 3. The Balaban J connectivity index is 1.60. The molecule has 31 heavy (non-hydrogen) atoms. The van der Waals surface area contributed by atoms with Crippen molar-refractivity contribution in [1.82, 2.24) is 14.5 Å². The fourth-order valence-electron chi connectivity index (χ4n) is 3.24. The van der Waals surface area contributed by atoms with Gasteiger partial charge in [0.05, 0.1) is 11.0 Å². The van der Waals surface area contributed by atoms with Crippen molar-refractivity contribution in [2.45, 2.75) is 37.0 Å². The Morgan fingerprint density at radius 1 is 1.23 bits per heavy atom. The number of fused-ring (bicyclic) bond motifs is 1. The number of rotatable bonds is 8. The Morgan fingerprint density at radius 3 is 2.71 bits per heavy atom. The topological polar surface area (TPSA) is 51.0 Å². The number of carbonyl (C=O) groups is 1. The van der Waals surface area contributed by atoms with E-state index in [2.05, 4.69) is 23.8 Å². The number of benzene rings is 2. The van der Waals surface area contributed by atoms with Crippen LogP contribution in [0.25, 0.3) is 10.2 Å². The second-order valence-electron chi connectivity index (χ2n) is 7.38. The molecule has 0 saturated carbocycles. The lowest BCUT2D eigenvalue weighted by Gasteiger charge is -2.20. The van der Waals surface area contributed by atoms with Gasteiger partial charge in [-0.3, -0.25) is 9.69 Å². The van der Waals surface area contributed by atoms with Crippen molar-refractivity contribution in [3.8, 4) is 0 Å². The largest absolute Gasteiger partial charge is 0.337 e. The molecule has 5 nitrogen and oxygen atoms in total. The summed E-state index contributed by atoms with van der Waals surface area (Å²) in [5, 5.41) is 0.982. The maximum absolute atomic E-state index is 14.2. The van der Waals surface area contributed by atoms with Gasteiger partial charge in [0.25, 0.3) is 5.91 Å². The molecule has 160 valence electrons. The second kappa shape index (κ2) is 9.62. The van der Waals surface area contributed by atoms with E-state index in [1.807, 2.05) is 41.1 Å². The summed E-state index contributed by atoms with van der Waals surface area (Å²) in [6.45, 7) is 5.48. The SMILES string of the molecule is CC(C)Sc1ccc(C(=O)N(CCCn2ccnc2)c2nc3c(F)cccc3s2)cc1.